The van der Waals surface area contributed by atoms with Crippen molar-refractivity contribution in [3.05, 3.63) is 0 Å². The van der Waals surface area contributed by atoms with Crippen molar-refractivity contribution in [2.75, 3.05) is 14.2 Å². The minimum Gasteiger partial charge on any atom is -0.468 e. The molecule has 0 aromatic carbocycles. The van der Waals surface area contributed by atoms with Crippen LogP contribution in [0.1, 0.15) is 50.3 Å². The van der Waals surface area contributed by atoms with Gasteiger partial charge < -0.3 is 9.47 Å². The molecule has 0 unspecified atom stereocenters. The van der Waals surface area contributed by atoms with Gasteiger partial charge in [-0.25, -0.2) is 0 Å². The average molecular weight is 224 g/mol. The first-order valence-corrected chi connectivity index (χ1v) is 4.12. The van der Waals surface area contributed by atoms with Gasteiger partial charge in [0.25, 0.3) is 0 Å². The summed E-state index contributed by atoms with van der Waals surface area (Å²) in [7, 11) is 1.81. The van der Waals surface area contributed by atoms with Crippen molar-refractivity contribution in [2.24, 2.45) is 5.41 Å². The summed E-state index contributed by atoms with van der Waals surface area (Å²) >= 11 is 0. The molecular weight excluding hydrogens is 196 g/mol. The SMILES string of the molecule is [2H]C([2H])C([2H])([2H])CC(CC([2H])([2H])C([2H])[2H])(C(=O)OC)C(=O)OC. The number of esters is 2. The predicted octanol–water partition coefficient (Wildman–Crippen LogP) is 1.92. The van der Waals surface area contributed by atoms with Crippen molar-refractivity contribution < 1.29 is 30.0 Å². The number of hydrogen-bond donors (Lipinski definition) is 0. The van der Waals surface area contributed by atoms with Gasteiger partial charge in [0.1, 0.15) is 0 Å². The molecule has 0 saturated carbocycles. The Bertz CT molecular complexity index is 398. The molecule has 4 heteroatoms. The van der Waals surface area contributed by atoms with E-state index in [1.165, 1.54) is 0 Å². The fourth-order valence-corrected chi connectivity index (χ4v) is 1.17. The highest BCUT2D eigenvalue weighted by Gasteiger charge is 2.46. The molecule has 4 nitrogen and oxygen atoms in total. The third-order valence-electron chi connectivity index (χ3n) is 1.96. The second kappa shape index (κ2) is 6.43. The van der Waals surface area contributed by atoms with Gasteiger partial charge in [0, 0.05) is 11.0 Å². The van der Waals surface area contributed by atoms with Crippen molar-refractivity contribution in [3.63, 3.8) is 0 Å². The van der Waals surface area contributed by atoms with Crippen LogP contribution in [0.15, 0.2) is 0 Å². The molecule has 0 radical (unpaired) electrons. The first kappa shape index (κ1) is 5.32. The quantitative estimate of drug-likeness (QED) is 0.511. The first-order chi connectivity index (χ1) is 10.3. The molecule has 0 heterocycles. The van der Waals surface area contributed by atoms with E-state index >= 15 is 0 Å². The lowest BCUT2D eigenvalue weighted by atomic mass is 9.79. The Morgan fingerprint density at radius 3 is 1.80 bits per heavy atom. The molecule has 0 saturated heterocycles. The van der Waals surface area contributed by atoms with Gasteiger partial charge in [0.05, 0.1) is 14.2 Å². The van der Waals surface area contributed by atoms with Crippen LogP contribution < -0.4 is 0 Å². The largest absolute Gasteiger partial charge is 0.468 e. The molecule has 0 aliphatic carbocycles. The molecule has 0 aromatic heterocycles. The lowest BCUT2D eigenvalue weighted by Gasteiger charge is -2.27. The summed E-state index contributed by atoms with van der Waals surface area (Å²) < 4.78 is 68.3. The van der Waals surface area contributed by atoms with Crippen LogP contribution >= 0.6 is 0 Å². The fourth-order valence-electron chi connectivity index (χ4n) is 1.17. The molecule has 0 aliphatic rings. The van der Waals surface area contributed by atoms with Crippen molar-refractivity contribution in [2.45, 2.75) is 39.3 Å². The van der Waals surface area contributed by atoms with Crippen LogP contribution in [-0.4, -0.2) is 26.2 Å². The molecule has 0 amide bonds. The number of methoxy groups -OCH3 is 2. The average Bonchev–Trinajstić information content (AvgIpc) is 2.43. The second-order valence-electron chi connectivity index (χ2n) is 2.83. The van der Waals surface area contributed by atoms with Crippen molar-refractivity contribution in [1.29, 1.82) is 0 Å². The van der Waals surface area contributed by atoms with Crippen LogP contribution in [0.3, 0.4) is 0 Å². The lowest BCUT2D eigenvalue weighted by molar-refractivity contribution is -0.170. The van der Waals surface area contributed by atoms with Crippen LogP contribution in [0.5, 0.6) is 0 Å². The van der Waals surface area contributed by atoms with Gasteiger partial charge in [-0.1, -0.05) is 26.5 Å². The molecule has 0 bridgehead atoms. The summed E-state index contributed by atoms with van der Waals surface area (Å²) in [6, 6.07) is 0. The Hall–Kier alpha value is -1.06. The number of rotatable bonds is 6. The predicted molar refractivity (Wildman–Crippen MR) is 56.3 cm³/mol. The maximum Gasteiger partial charge on any atom is 0.323 e. The molecule has 0 rings (SSSR count). The monoisotopic (exact) mass is 224 g/mol. The molecular formula is C11H20O4. The third kappa shape index (κ3) is 2.94. The Morgan fingerprint density at radius 1 is 1.13 bits per heavy atom. The third-order valence-corrected chi connectivity index (χ3v) is 1.96. The second-order valence-corrected chi connectivity index (χ2v) is 2.83. The van der Waals surface area contributed by atoms with Gasteiger partial charge in [-0.3, -0.25) is 9.59 Å². The minimum absolute atomic E-state index is 0.906. The Kier molecular flexibility index (Phi) is 2.28. The van der Waals surface area contributed by atoms with Crippen LogP contribution in [0, 0.1) is 5.41 Å². The van der Waals surface area contributed by atoms with Crippen LogP contribution in [0.25, 0.3) is 0 Å². The van der Waals surface area contributed by atoms with Gasteiger partial charge in [-0.2, -0.15) is 0 Å². The maximum atomic E-state index is 12.1. The van der Waals surface area contributed by atoms with Crippen molar-refractivity contribution in [3.8, 4) is 0 Å². The van der Waals surface area contributed by atoms with Gasteiger partial charge in [-0.05, 0) is 12.8 Å². The molecule has 0 aromatic rings. The molecule has 0 N–H and O–H groups in total. The van der Waals surface area contributed by atoms with E-state index in [0.29, 0.717) is 0 Å². The summed E-state index contributed by atoms with van der Waals surface area (Å²) in [6.07, 6.45) is -7.39. The van der Waals surface area contributed by atoms with E-state index in [2.05, 4.69) is 9.47 Å². The van der Waals surface area contributed by atoms with Gasteiger partial charge in [0.15, 0.2) is 5.41 Å². The number of carbonyl (C=O) groups excluding carboxylic acids is 2. The van der Waals surface area contributed by atoms with Crippen molar-refractivity contribution in [1.82, 2.24) is 0 Å². The highest BCUT2D eigenvalue weighted by atomic mass is 16.5. The highest BCUT2D eigenvalue weighted by Crippen LogP contribution is 2.32. The number of hydrogen-bond acceptors (Lipinski definition) is 4. The van der Waals surface area contributed by atoms with E-state index in [0.717, 1.165) is 14.2 Å². The first-order valence-electron chi connectivity index (χ1n) is 8.43. The summed E-state index contributed by atoms with van der Waals surface area (Å²) in [5, 5.41) is 0. The molecule has 0 fully saturated rings. The van der Waals surface area contributed by atoms with Gasteiger partial charge in [0.2, 0.25) is 0 Å². The van der Waals surface area contributed by atoms with E-state index in [1.807, 2.05) is 0 Å². The van der Waals surface area contributed by atoms with E-state index < -0.39 is 56.7 Å². The molecule has 0 spiro atoms. The summed E-state index contributed by atoms with van der Waals surface area (Å²) in [5.74, 6) is -2.61. The molecule has 0 aliphatic heterocycles. The smallest absolute Gasteiger partial charge is 0.323 e. The fraction of sp³-hybridized carbons (Fsp3) is 0.818. The van der Waals surface area contributed by atoms with Crippen LogP contribution in [-0.2, 0) is 19.1 Å². The lowest BCUT2D eigenvalue weighted by Crippen LogP contribution is -2.41. The summed E-state index contributed by atoms with van der Waals surface area (Å²) in [5.41, 5.74) is -2.50. The van der Waals surface area contributed by atoms with Crippen molar-refractivity contribution >= 4 is 11.9 Å². The molecule has 88 valence electrons. The van der Waals surface area contributed by atoms with E-state index in [-0.39, 0.29) is 0 Å². The van der Waals surface area contributed by atoms with E-state index in [1.54, 1.807) is 0 Å². The van der Waals surface area contributed by atoms with Gasteiger partial charge in [-0.15, -0.1) is 0 Å². The Balaban J connectivity index is 6.10. The van der Waals surface area contributed by atoms with Gasteiger partial charge >= 0.3 is 11.9 Å². The molecule has 0 atom stereocenters. The minimum atomic E-state index is -2.65. The van der Waals surface area contributed by atoms with Crippen LogP contribution in [0.4, 0.5) is 0 Å². The Labute approximate surface area is 102 Å². The van der Waals surface area contributed by atoms with Crippen LogP contribution in [0.2, 0.25) is 0 Å². The zero-order valence-corrected chi connectivity index (χ0v) is 8.70. The normalized spacial score (nSPS) is 21.1. The van der Waals surface area contributed by atoms with E-state index in [4.69, 9.17) is 11.0 Å². The zero-order chi connectivity index (χ0) is 18.6. The summed E-state index contributed by atoms with van der Waals surface area (Å²) in [6.45, 7) is -4.13. The topological polar surface area (TPSA) is 52.6 Å². The standard InChI is InChI=1S/C11H20O4/c1-5-7-11(8-6-2,9(12)14-3)10(13)15-4/h5-8H2,1-4H3/i1D2,2D2,5D2,6D2. The number of ether oxygens (including phenoxy) is 2. The Morgan fingerprint density at radius 2 is 1.53 bits per heavy atom. The zero-order valence-electron chi connectivity index (χ0n) is 16.7. The van der Waals surface area contributed by atoms with E-state index in [9.17, 15) is 9.59 Å². The maximum absolute atomic E-state index is 12.1. The molecule has 15 heavy (non-hydrogen) atoms. The summed E-state index contributed by atoms with van der Waals surface area (Å²) in [4.78, 5) is 24.3. The highest BCUT2D eigenvalue weighted by molar-refractivity contribution is 5.99. The number of carbonyl (C=O) groups is 2.